The highest BCUT2D eigenvalue weighted by Gasteiger charge is 2.28. The summed E-state index contributed by atoms with van der Waals surface area (Å²) in [6, 6.07) is 27.9. The smallest absolute Gasteiger partial charge is 0.255 e. The molecule has 5 aromatic rings. The summed E-state index contributed by atoms with van der Waals surface area (Å²) in [4.78, 5) is 55.0. The van der Waals surface area contributed by atoms with Gasteiger partial charge in [-0.1, -0.05) is 30.3 Å². The summed E-state index contributed by atoms with van der Waals surface area (Å²) in [6.45, 7) is 4.69. The predicted molar refractivity (Wildman–Crippen MR) is 202 cm³/mol. The van der Waals surface area contributed by atoms with Crippen molar-refractivity contribution in [3.05, 3.63) is 126 Å². The largest absolute Gasteiger partial charge is 0.371 e. The highest BCUT2D eigenvalue weighted by atomic mass is 16.2. The Morgan fingerprint density at radius 2 is 1.73 bits per heavy atom. The van der Waals surface area contributed by atoms with Gasteiger partial charge < -0.3 is 15.5 Å². The number of carbonyl (C=O) groups excluding carboxylic acids is 3. The Kier molecular flexibility index (Phi) is 10.3. The van der Waals surface area contributed by atoms with Gasteiger partial charge in [-0.15, -0.1) is 0 Å². The van der Waals surface area contributed by atoms with Gasteiger partial charge in [0.15, 0.2) is 0 Å². The first kappa shape index (κ1) is 34.5. The van der Waals surface area contributed by atoms with E-state index in [1.165, 1.54) is 5.56 Å². The fourth-order valence-electron chi connectivity index (χ4n) is 6.92. The van der Waals surface area contributed by atoms with Crippen LogP contribution in [0.2, 0.25) is 0 Å². The van der Waals surface area contributed by atoms with Crippen LogP contribution < -0.4 is 20.9 Å². The fraction of sp³-hybridized carbons (Fsp3) is 0.268. The van der Waals surface area contributed by atoms with E-state index in [2.05, 4.69) is 59.9 Å². The van der Waals surface area contributed by atoms with Gasteiger partial charge in [0.05, 0.1) is 11.6 Å². The van der Waals surface area contributed by atoms with E-state index in [1.54, 1.807) is 18.6 Å². The van der Waals surface area contributed by atoms with Gasteiger partial charge >= 0.3 is 0 Å². The molecule has 1 atom stereocenters. The maximum atomic E-state index is 13.2. The van der Waals surface area contributed by atoms with E-state index in [0.29, 0.717) is 36.1 Å². The van der Waals surface area contributed by atoms with Gasteiger partial charge in [0, 0.05) is 78.9 Å². The van der Waals surface area contributed by atoms with Gasteiger partial charge in [-0.25, -0.2) is 9.97 Å². The molecule has 264 valence electrons. The number of nitrogens with one attached hydrogen (secondary N) is 3. The molecular formula is C41H42N8O3. The van der Waals surface area contributed by atoms with E-state index in [1.807, 2.05) is 79.7 Å². The van der Waals surface area contributed by atoms with E-state index in [9.17, 15) is 14.4 Å². The zero-order valence-electron chi connectivity index (χ0n) is 29.4. The number of nitrogens with zero attached hydrogens (tertiary/aromatic N) is 5. The highest BCUT2D eigenvalue weighted by molar-refractivity contribution is 6.04. The van der Waals surface area contributed by atoms with Crippen LogP contribution >= 0.6 is 0 Å². The number of hydrogen-bond acceptors (Lipinski definition) is 9. The lowest BCUT2D eigenvalue weighted by molar-refractivity contribution is -0.134. The average Bonchev–Trinajstić information content (AvgIpc) is 3.17. The molecule has 3 amide bonds. The Labute approximate surface area is 303 Å². The summed E-state index contributed by atoms with van der Waals surface area (Å²) in [5.41, 5.74) is 7.98. The summed E-state index contributed by atoms with van der Waals surface area (Å²) in [5.74, 6) is -0.373. The van der Waals surface area contributed by atoms with Crippen LogP contribution in [0.25, 0.3) is 11.3 Å². The molecule has 0 spiro atoms. The maximum absolute atomic E-state index is 13.2. The number of pyridine rings is 1. The number of piperidine rings is 2. The number of anilines is 4. The van der Waals surface area contributed by atoms with Crippen molar-refractivity contribution >= 4 is 40.7 Å². The Hall–Kier alpha value is -5.94. The van der Waals surface area contributed by atoms with Crippen molar-refractivity contribution in [2.45, 2.75) is 51.1 Å². The molecule has 1 unspecified atom stereocenters. The zero-order chi connectivity index (χ0) is 36.0. The summed E-state index contributed by atoms with van der Waals surface area (Å²) in [6.07, 6.45) is 8.22. The van der Waals surface area contributed by atoms with Crippen LogP contribution in [0.1, 0.15) is 58.6 Å². The lowest BCUT2D eigenvalue weighted by atomic mass is 9.90. The number of amides is 3. The maximum Gasteiger partial charge on any atom is 0.255 e. The van der Waals surface area contributed by atoms with Crippen LogP contribution in [0.3, 0.4) is 0 Å². The molecule has 2 fully saturated rings. The molecule has 52 heavy (non-hydrogen) atoms. The third-order valence-electron chi connectivity index (χ3n) is 9.99. The van der Waals surface area contributed by atoms with E-state index in [-0.39, 0.29) is 23.6 Å². The lowest BCUT2D eigenvalue weighted by Crippen LogP contribution is -2.43. The van der Waals surface area contributed by atoms with Gasteiger partial charge in [-0.05, 0) is 105 Å². The molecule has 0 bridgehead atoms. The van der Waals surface area contributed by atoms with Gasteiger partial charge in [-0.3, -0.25) is 29.6 Å². The van der Waals surface area contributed by atoms with Crippen molar-refractivity contribution in [3.63, 3.8) is 0 Å². The molecule has 3 aromatic carbocycles. The van der Waals surface area contributed by atoms with Crippen LogP contribution in [-0.4, -0.2) is 63.8 Å². The first-order valence-corrected chi connectivity index (χ1v) is 17.7. The minimum Gasteiger partial charge on any atom is -0.371 e. The Balaban J connectivity index is 0.902. The zero-order valence-corrected chi connectivity index (χ0v) is 29.4. The second-order valence-corrected chi connectivity index (χ2v) is 13.5. The van der Waals surface area contributed by atoms with Crippen molar-refractivity contribution < 1.29 is 14.4 Å². The summed E-state index contributed by atoms with van der Waals surface area (Å²) in [7, 11) is 2.17. The van der Waals surface area contributed by atoms with Crippen molar-refractivity contribution in [1.82, 2.24) is 25.2 Å². The van der Waals surface area contributed by atoms with Crippen molar-refractivity contribution in [2.75, 3.05) is 35.7 Å². The first-order chi connectivity index (χ1) is 25.3. The van der Waals surface area contributed by atoms with E-state index >= 15 is 0 Å². The average molecular weight is 695 g/mol. The standard InChI is InChI=1S/C41H42N8O3/c1-27-5-12-32(24-37(27)46-41-43-21-17-36(45-41)31-4-3-20-42-25-31)44-39(51)30-10-13-34(14-11-30)49-22-18-33(19-23-49)48(2)26-28-6-8-29(9-7-28)35-15-16-38(50)47-40(35)52/h3-14,17,20-21,24-25,33,35H,15-16,18-19,22-23,26H2,1-2H3,(H,44,51)(H,43,45,46)(H,47,50,52). The molecule has 0 radical (unpaired) electrons. The number of imide groups is 1. The minimum absolute atomic E-state index is 0.179. The number of benzene rings is 3. The number of rotatable bonds is 10. The van der Waals surface area contributed by atoms with Gasteiger partial charge in [-0.2, -0.15) is 0 Å². The molecule has 2 aliphatic rings. The van der Waals surface area contributed by atoms with Crippen LogP contribution in [0.15, 0.2) is 104 Å². The third-order valence-corrected chi connectivity index (χ3v) is 9.99. The van der Waals surface area contributed by atoms with Gasteiger partial charge in [0.2, 0.25) is 17.8 Å². The highest BCUT2D eigenvalue weighted by Crippen LogP contribution is 2.28. The van der Waals surface area contributed by atoms with Crippen LogP contribution in [-0.2, 0) is 16.1 Å². The molecule has 3 N–H and O–H groups in total. The Morgan fingerprint density at radius 3 is 2.46 bits per heavy atom. The monoisotopic (exact) mass is 694 g/mol. The molecule has 11 nitrogen and oxygen atoms in total. The molecule has 2 aromatic heterocycles. The SMILES string of the molecule is Cc1ccc(NC(=O)c2ccc(N3CCC(N(C)Cc4ccc(C5CCC(=O)NC5=O)cc4)CC3)cc2)cc1Nc1nccc(-c2cccnc2)n1. The van der Waals surface area contributed by atoms with E-state index in [0.717, 1.165) is 66.2 Å². The second kappa shape index (κ2) is 15.5. The summed E-state index contributed by atoms with van der Waals surface area (Å²) in [5, 5.41) is 8.78. The van der Waals surface area contributed by atoms with Crippen molar-refractivity contribution in [3.8, 4) is 11.3 Å². The molecule has 0 saturated carbocycles. The van der Waals surface area contributed by atoms with Crippen LogP contribution in [0, 0.1) is 6.92 Å². The molecule has 11 heteroatoms. The molecule has 7 rings (SSSR count). The Bertz CT molecular complexity index is 2050. The van der Waals surface area contributed by atoms with E-state index < -0.39 is 0 Å². The number of hydrogen-bond donors (Lipinski definition) is 3. The molecule has 4 heterocycles. The van der Waals surface area contributed by atoms with Crippen molar-refractivity contribution in [1.29, 1.82) is 0 Å². The van der Waals surface area contributed by atoms with Crippen molar-refractivity contribution in [2.24, 2.45) is 0 Å². The quantitative estimate of drug-likeness (QED) is 0.141. The number of carbonyl (C=O) groups is 3. The lowest BCUT2D eigenvalue weighted by Gasteiger charge is -2.38. The summed E-state index contributed by atoms with van der Waals surface area (Å²) >= 11 is 0. The Morgan fingerprint density at radius 1 is 0.942 bits per heavy atom. The van der Waals surface area contributed by atoms with Gasteiger partial charge in [0.1, 0.15) is 0 Å². The number of aryl methyl sites for hydroxylation is 1. The third kappa shape index (κ3) is 8.16. The fourth-order valence-corrected chi connectivity index (χ4v) is 6.92. The molecule has 0 aliphatic carbocycles. The second-order valence-electron chi connectivity index (χ2n) is 13.5. The van der Waals surface area contributed by atoms with Gasteiger partial charge in [0.25, 0.3) is 5.91 Å². The number of aromatic nitrogens is 3. The van der Waals surface area contributed by atoms with E-state index in [4.69, 9.17) is 0 Å². The summed E-state index contributed by atoms with van der Waals surface area (Å²) < 4.78 is 0. The molecule has 2 saturated heterocycles. The normalized spacial score (nSPS) is 16.4. The molecular weight excluding hydrogens is 653 g/mol. The topological polar surface area (TPSA) is 132 Å². The minimum atomic E-state index is -0.258. The van der Waals surface area contributed by atoms with Crippen LogP contribution in [0.5, 0.6) is 0 Å². The predicted octanol–water partition coefficient (Wildman–Crippen LogP) is 6.46. The molecule has 2 aliphatic heterocycles. The van der Waals surface area contributed by atoms with Crippen LogP contribution in [0.4, 0.5) is 23.0 Å². The first-order valence-electron chi connectivity index (χ1n) is 17.7.